The van der Waals surface area contributed by atoms with Crippen LogP contribution in [0.3, 0.4) is 0 Å². The molecule has 2 N–H and O–H groups in total. The SMILES string of the molecule is COc1ccc(COC(=O)C2(CSc3cc(=O)c4cc(OC(=O)OC(C)(C)C)c(OC(=O)OC(C)(C)C)cc4s3)CS[C@@H]3C(NC(=O)C(=NOCC(=O)OC(C)(C)C)c4csc(NC(c5ccccc5)(c5ccccc5)c5ccccc5)n4)C(=O)N3C2)cc1. The number of nitrogens with zero attached hydrogens (tertiary/aromatic N) is 3. The first-order chi connectivity index (χ1) is 42.2. The minimum absolute atomic E-state index is 0.0175. The lowest BCUT2D eigenvalue weighted by molar-refractivity contribution is -0.162. The van der Waals surface area contributed by atoms with Gasteiger partial charge >= 0.3 is 24.2 Å². The van der Waals surface area contributed by atoms with Crippen molar-refractivity contribution in [3.8, 4) is 17.2 Å². The first-order valence-corrected chi connectivity index (χ1v) is 31.9. The highest BCUT2D eigenvalue weighted by Gasteiger charge is 2.58. The molecule has 2 unspecified atom stereocenters. The number of carbonyl (C=O) groups excluding carboxylic acids is 6. The molecule has 2 amide bonds. The normalized spacial score (nSPS) is 16.9. The van der Waals surface area contributed by atoms with E-state index in [1.54, 1.807) is 99.1 Å². The van der Waals surface area contributed by atoms with E-state index in [4.69, 9.17) is 43.0 Å². The number of fused-ring (bicyclic) bond motifs is 2. The largest absolute Gasteiger partial charge is 0.514 e. The van der Waals surface area contributed by atoms with E-state index in [1.807, 2.05) is 91.0 Å². The average molecular weight is 1290 g/mol. The van der Waals surface area contributed by atoms with Crippen molar-refractivity contribution in [3.63, 3.8) is 0 Å². The first kappa shape index (κ1) is 65.0. The lowest BCUT2D eigenvalue weighted by atomic mass is 9.77. The van der Waals surface area contributed by atoms with Crippen LogP contribution in [0.25, 0.3) is 10.1 Å². The van der Waals surface area contributed by atoms with Crippen molar-refractivity contribution in [3.05, 3.63) is 177 Å². The number of carbonyl (C=O) groups is 6. The minimum atomic E-state index is -1.37. The van der Waals surface area contributed by atoms with Crippen LogP contribution in [0.15, 0.2) is 153 Å². The summed E-state index contributed by atoms with van der Waals surface area (Å²) in [5.41, 5.74) is -2.39. The van der Waals surface area contributed by atoms with Crippen LogP contribution in [0.1, 0.15) is 90.3 Å². The molecule has 0 bridgehead atoms. The van der Waals surface area contributed by atoms with Gasteiger partial charge in [-0.15, -0.1) is 46.2 Å². The van der Waals surface area contributed by atoms with E-state index >= 15 is 0 Å². The smallest absolute Gasteiger partial charge is 0.497 e. The van der Waals surface area contributed by atoms with Crippen molar-refractivity contribution < 1.29 is 66.8 Å². The van der Waals surface area contributed by atoms with Crippen LogP contribution in [0, 0.1) is 5.41 Å². The number of rotatable bonds is 20. The number of thiazole rings is 1. The van der Waals surface area contributed by atoms with E-state index < -0.39 is 87.3 Å². The number of esters is 2. The molecule has 2 aromatic heterocycles. The Morgan fingerprint density at radius 1 is 0.730 bits per heavy atom. The van der Waals surface area contributed by atoms with Gasteiger partial charge in [0.05, 0.1) is 11.3 Å². The Bertz CT molecular complexity index is 3730. The number of β-lactam (4-membered cyclic amide) rings is 1. The van der Waals surface area contributed by atoms with Crippen LogP contribution < -0.4 is 30.3 Å². The summed E-state index contributed by atoms with van der Waals surface area (Å²) in [6, 6.07) is 39.6. The van der Waals surface area contributed by atoms with Crippen LogP contribution in [0.2, 0.25) is 0 Å². The molecule has 89 heavy (non-hydrogen) atoms. The fourth-order valence-electron chi connectivity index (χ4n) is 9.54. The zero-order valence-corrected chi connectivity index (χ0v) is 53.8. The molecule has 466 valence electrons. The Hall–Kier alpha value is -8.45. The molecule has 0 spiro atoms. The van der Waals surface area contributed by atoms with Gasteiger partial charge in [0.15, 0.2) is 27.8 Å². The summed E-state index contributed by atoms with van der Waals surface area (Å²) in [6.07, 6.45) is -2.20. The highest BCUT2D eigenvalue weighted by atomic mass is 32.2. The highest BCUT2D eigenvalue weighted by molar-refractivity contribution is 8.01. The molecule has 0 saturated carbocycles. The molecule has 2 aliphatic rings. The van der Waals surface area contributed by atoms with Crippen molar-refractivity contribution in [2.45, 2.75) is 107 Å². The molecular formula is C65H67N5O15S4. The molecule has 5 aromatic carbocycles. The summed E-state index contributed by atoms with van der Waals surface area (Å²) >= 11 is 4.80. The van der Waals surface area contributed by atoms with E-state index in [-0.39, 0.29) is 52.9 Å². The lowest BCUT2D eigenvalue weighted by Crippen LogP contribution is -2.74. The molecule has 0 aliphatic carbocycles. The van der Waals surface area contributed by atoms with Crippen LogP contribution in [-0.4, -0.2) is 112 Å². The van der Waals surface area contributed by atoms with Crippen LogP contribution in [0.5, 0.6) is 17.2 Å². The van der Waals surface area contributed by atoms with Gasteiger partial charge in [0.2, 0.25) is 12.5 Å². The van der Waals surface area contributed by atoms with Crippen molar-refractivity contribution in [2.24, 2.45) is 10.6 Å². The molecule has 20 nitrogen and oxygen atoms in total. The average Bonchev–Trinajstić information content (AvgIpc) is 0.823. The Kier molecular flexibility index (Phi) is 19.8. The Labute approximate surface area is 530 Å². The summed E-state index contributed by atoms with van der Waals surface area (Å²) < 4.78 is 39.3. The van der Waals surface area contributed by atoms with Gasteiger partial charge in [-0.3, -0.25) is 19.2 Å². The van der Waals surface area contributed by atoms with Crippen molar-refractivity contribution >= 4 is 103 Å². The number of methoxy groups -OCH3 is 1. The third-order valence-corrected chi connectivity index (χ3v) is 18.4. The summed E-state index contributed by atoms with van der Waals surface area (Å²) in [5.74, 6) is -2.44. The lowest BCUT2D eigenvalue weighted by Gasteiger charge is -2.54. The molecule has 4 heterocycles. The number of aromatic nitrogens is 1. The molecule has 24 heteroatoms. The number of oxime groups is 1. The maximum atomic E-state index is 14.7. The predicted octanol–water partition coefficient (Wildman–Crippen LogP) is 11.7. The van der Waals surface area contributed by atoms with Crippen LogP contribution >= 0.6 is 46.2 Å². The number of ether oxygens (including phenoxy) is 7. The van der Waals surface area contributed by atoms with Gasteiger partial charge < -0.3 is 53.5 Å². The second-order valence-electron chi connectivity index (χ2n) is 23.8. The van der Waals surface area contributed by atoms with E-state index in [9.17, 15) is 33.6 Å². The van der Waals surface area contributed by atoms with Crippen molar-refractivity contribution in [2.75, 3.05) is 37.1 Å². The minimum Gasteiger partial charge on any atom is -0.497 e. The van der Waals surface area contributed by atoms with Gasteiger partial charge in [-0.25, -0.2) is 19.4 Å². The molecule has 2 saturated heterocycles. The Morgan fingerprint density at radius 2 is 1.29 bits per heavy atom. The zero-order chi connectivity index (χ0) is 63.9. The summed E-state index contributed by atoms with van der Waals surface area (Å²) in [4.78, 5) is 109. The molecular weight excluding hydrogens is 1220 g/mol. The highest BCUT2D eigenvalue weighted by Crippen LogP contribution is 2.47. The molecule has 2 fully saturated rings. The van der Waals surface area contributed by atoms with E-state index in [1.165, 1.54) is 58.0 Å². The van der Waals surface area contributed by atoms with Gasteiger partial charge in [0.1, 0.15) is 57.2 Å². The van der Waals surface area contributed by atoms with Crippen LogP contribution in [-0.2, 0) is 55.1 Å². The summed E-state index contributed by atoms with van der Waals surface area (Å²) in [5, 5.41) is 12.2. The first-order valence-electron chi connectivity index (χ1n) is 28.1. The fraction of sp³-hybridized carbons (Fsp3) is 0.338. The van der Waals surface area contributed by atoms with E-state index in [0.717, 1.165) is 28.0 Å². The molecule has 9 rings (SSSR count). The number of benzene rings is 5. The quantitative estimate of drug-likeness (QED) is 0.0105. The Morgan fingerprint density at radius 3 is 1.84 bits per heavy atom. The number of thioether (sulfide) groups is 2. The maximum Gasteiger partial charge on any atom is 0.514 e. The molecule has 2 aliphatic heterocycles. The monoisotopic (exact) mass is 1290 g/mol. The number of hydrogen-bond acceptors (Lipinski definition) is 22. The van der Waals surface area contributed by atoms with Gasteiger partial charge in [-0.1, -0.05) is 108 Å². The van der Waals surface area contributed by atoms with Crippen molar-refractivity contribution in [1.82, 2.24) is 15.2 Å². The maximum absolute atomic E-state index is 14.7. The number of anilines is 1. The standard InChI is InChI=1S/C65H67N5O15S4/c1-61(2,3)83-50(72)34-80-69-52(45-35-86-58(66-45)68-65(40-20-14-11-15-21-40,41-22-16-12-17-23-41)42-24-18-13-19-25-42)54(73)67-53-55(74)70-36-64(38-88-56(53)70,57(75)79-33-39-26-28-43(78-10)29-27-39)37-87-51-31-46(71)44-30-47(81-59(76)84-62(4,5)6)48(32-49(44)89-51)82-60(77)85-63(7,8)9/h11-32,35,53,56H,33-34,36-38H2,1-10H3,(H,66,68)(H,67,73)/t53?,56-,64?/m1/s1. The molecule has 0 radical (unpaired) electrons. The third kappa shape index (κ3) is 16.1. The van der Waals surface area contributed by atoms with Crippen LogP contribution in [0.4, 0.5) is 14.7 Å². The van der Waals surface area contributed by atoms with Gasteiger partial charge in [-0.2, -0.15) is 0 Å². The zero-order valence-electron chi connectivity index (χ0n) is 50.6. The second-order valence-corrected chi connectivity index (χ2v) is 28.1. The Balaban J connectivity index is 0.984. The van der Waals surface area contributed by atoms with Gasteiger partial charge in [-0.05, 0) is 103 Å². The number of nitrogens with one attached hydrogen (secondary N) is 2. The van der Waals surface area contributed by atoms with Gasteiger partial charge in [0, 0.05) is 45.6 Å². The fourth-order valence-corrected chi connectivity index (χ4v) is 14.4. The second kappa shape index (κ2) is 27.1. The van der Waals surface area contributed by atoms with E-state index in [2.05, 4.69) is 15.8 Å². The summed E-state index contributed by atoms with van der Waals surface area (Å²) in [6.45, 7) is 14.1. The predicted molar refractivity (Wildman–Crippen MR) is 341 cm³/mol. The number of hydrogen-bond donors (Lipinski definition) is 2. The summed E-state index contributed by atoms with van der Waals surface area (Å²) in [7, 11) is 1.54. The van der Waals surface area contributed by atoms with E-state index in [0.29, 0.717) is 25.4 Å². The van der Waals surface area contributed by atoms with Crippen molar-refractivity contribution in [1.29, 1.82) is 0 Å². The third-order valence-electron chi connectivity index (χ3n) is 13.5. The topological polar surface area (TPSA) is 246 Å². The van der Waals surface area contributed by atoms with Gasteiger partial charge in [0.25, 0.3) is 5.91 Å². The molecule has 3 atom stereocenters. The molecule has 7 aromatic rings. The number of amides is 2.